The molecule has 2 amide bonds. The van der Waals surface area contributed by atoms with E-state index in [0.717, 1.165) is 14.3 Å². The van der Waals surface area contributed by atoms with Gasteiger partial charge >= 0.3 is 5.97 Å². The first-order valence-electron chi connectivity index (χ1n) is 10.7. The summed E-state index contributed by atoms with van der Waals surface area (Å²) < 4.78 is 6.31. The third-order valence-electron chi connectivity index (χ3n) is 5.03. The molecule has 0 atom stereocenters. The fourth-order valence-electron chi connectivity index (χ4n) is 3.31. The van der Waals surface area contributed by atoms with Gasteiger partial charge in [-0.05, 0) is 81.4 Å². The van der Waals surface area contributed by atoms with Crippen molar-refractivity contribution in [2.45, 2.75) is 0 Å². The number of hydrazone groups is 1. The highest BCUT2D eigenvalue weighted by molar-refractivity contribution is 14.1. The summed E-state index contributed by atoms with van der Waals surface area (Å²) in [5, 5.41) is 8.25. The second kappa shape index (κ2) is 11.4. The lowest BCUT2D eigenvalue weighted by Gasteiger charge is -2.07. The van der Waals surface area contributed by atoms with Crippen molar-refractivity contribution in [1.29, 1.82) is 0 Å². The number of fused-ring (bicyclic) bond motifs is 1. The van der Waals surface area contributed by atoms with E-state index in [4.69, 9.17) is 4.74 Å². The van der Waals surface area contributed by atoms with Crippen LogP contribution in [-0.4, -0.2) is 30.5 Å². The molecule has 0 saturated heterocycles. The number of nitrogens with one attached hydrogen (secondary N) is 2. The zero-order valence-corrected chi connectivity index (χ0v) is 20.6. The van der Waals surface area contributed by atoms with E-state index < -0.39 is 11.9 Å². The summed E-state index contributed by atoms with van der Waals surface area (Å²) in [5.74, 6) is -0.839. The Hall–Kier alpha value is -4.05. The van der Waals surface area contributed by atoms with Gasteiger partial charge in [0.15, 0.2) is 0 Å². The Bertz CT molecular complexity index is 1410. The Morgan fingerprint density at radius 1 is 0.829 bits per heavy atom. The third-order valence-corrected chi connectivity index (χ3v) is 5.97. The predicted molar refractivity (Wildman–Crippen MR) is 143 cm³/mol. The van der Waals surface area contributed by atoms with Crippen LogP contribution < -0.4 is 15.5 Å². The Morgan fingerprint density at radius 3 is 2.31 bits per heavy atom. The van der Waals surface area contributed by atoms with Crippen molar-refractivity contribution in [3.8, 4) is 5.75 Å². The Balaban J connectivity index is 1.28. The molecule has 0 spiro atoms. The molecule has 2 N–H and O–H groups in total. The average Bonchev–Trinajstić information content (AvgIpc) is 2.88. The van der Waals surface area contributed by atoms with Crippen molar-refractivity contribution < 1.29 is 19.1 Å². The number of benzene rings is 4. The highest BCUT2D eigenvalue weighted by atomic mass is 127. The molecular weight excluding hydrogens is 557 g/mol. The predicted octanol–water partition coefficient (Wildman–Crippen LogP) is 4.54. The van der Waals surface area contributed by atoms with Crippen molar-refractivity contribution >= 4 is 57.4 Å². The standard InChI is InChI=1S/C27H20IN3O4/c28-24-11-4-3-9-23(24)26(33)29-17-25(32)31-30-16-18-12-14-20(15-13-18)35-27(34)22-10-5-7-19-6-1-2-8-21(19)22/h1-16H,17H2,(H,29,33)(H,31,32). The minimum absolute atomic E-state index is 0.204. The van der Waals surface area contributed by atoms with Crippen molar-refractivity contribution in [3.63, 3.8) is 0 Å². The largest absolute Gasteiger partial charge is 0.423 e. The van der Waals surface area contributed by atoms with Crippen LogP contribution in [0.3, 0.4) is 0 Å². The first kappa shape index (κ1) is 24.1. The third kappa shape index (κ3) is 6.30. The first-order valence-corrected chi connectivity index (χ1v) is 11.7. The summed E-state index contributed by atoms with van der Waals surface area (Å²) in [6, 6.07) is 26.9. The summed E-state index contributed by atoms with van der Waals surface area (Å²) in [7, 11) is 0. The monoisotopic (exact) mass is 577 g/mol. The Kier molecular flexibility index (Phi) is 7.84. The Labute approximate surface area is 215 Å². The van der Waals surface area contributed by atoms with Gasteiger partial charge in [-0.1, -0.05) is 48.5 Å². The molecular formula is C27H20IN3O4. The van der Waals surface area contributed by atoms with Crippen molar-refractivity contribution in [2.24, 2.45) is 5.10 Å². The topological polar surface area (TPSA) is 96.9 Å². The molecule has 0 aliphatic heterocycles. The summed E-state index contributed by atoms with van der Waals surface area (Å²) in [5.41, 5.74) is 4.06. The van der Waals surface area contributed by atoms with E-state index in [1.165, 1.54) is 6.21 Å². The fraction of sp³-hybridized carbons (Fsp3) is 0.0370. The van der Waals surface area contributed by atoms with E-state index in [0.29, 0.717) is 22.4 Å². The van der Waals surface area contributed by atoms with E-state index in [-0.39, 0.29) is 12.5 Å². The van der Waals surface area contributed by atoms with Crippen LogP contribution in [0, 0.1) is 3.57 Å². The molecule has 0 aliphatic rings. The van der Waals surface area contributed by atoms with Crippen LogP contribution in [0.1, 0.15) is 26.3 Å². The van der Waals surface area contributed by atoms with Crippen molar-refractivity contribution in [1.82, 2.24) is 10.7 Å². The molecule has 4 aromatic rings. The second-order valence-corrected chi connectivity index (χ2v) is 8.60. The van der Waals surface area contributed by atoms with E-state index >= 15 is 0 Å². The van der Waals surface area contributed by atoms with Crippen LogP contribution in [0.2, 0.25) is 0 Å². The summed E-state index contributed by atoms with van der Waals surface area (Å²) >= 11 is 2.06. The van der Waals surface area contributed by atoms with Crippen LogP contribution in [0.25, 0.3) is 10.8 Å². The minimum Gasteiger partial charge on any atom is -0.423 e. The van der Waals surface area contributed by atoms with Gasteiger partial charge in [0.05, 0.1) is 23.9 Å². The van der Waals surface area contributed by atoms with Gasteiger partial charge < -0.3 is 10.1 Å². The number of carbonyl (C=O) groups excluding carboxylic acids is 3. The summed E-state index contributed by atoms with van der Waals surface area (Å²) in [6.45, 7) is -0.204. The Morgan fingerprint density at radius 2 is 1.51 bits per heavy atom. The van der Waals surface area contributed by atoms with E-state index in [1.54, 1.807) is 42.5 Å². The maximum atomic E-state index is 12.7. The van der Waals surface area contributed by atoms with Gasteiger partial charge in [-0.2, -0.15) is 5.10 Å². The van der Waals surface area contributed by atoms with Gasteiger partial charge in [0.2, 0.25) is 0 Å². The molecule has 0 saturated carbocycles. The molecule has 4 aromatic carbocycles. The molecule has 174 valence electrons. The maximum absolute atomic E-state index is 12.7. The molecule has 0 unspecified atom stereocenters. The van der Waals surface area contributed by atoms with Crippen LogP contribution >= 0.6 is 22.6 Å². The number of halogens is 1. The van der Waals surface area contributed by atoms with Gasteiger partial charge in [-0.3, -0.25) is 9.59 Å². The highest BCUT2D eigenvalue weighted by Crippen LogP contribution is 2.21. The normalized spacial score (nSPS) is 10.8. The van der Waals surface area contributed by atoms with Crippen LogP contribution in [0.5, 0.6) is 5.75 Å². The van der Waals surface area contributed by atoms with E-state index in [2.05, 4.69) is 38.4 Å². The maximum Gasteiger partial charge on any atom is 0.344 e. The lowest BCUT2D eigenvalue weighted by atomic mass is 10.0. The smallest absolute Gasteiger partial charge is 0.344 e. The van der Waals surface area contributed by atoms with Crippen molar-refractivity contribution in [2.75, 3.05) is 6.54 Å². The van der Waals surface area contributed by atoms with Crippen LogP contribution in [0.4, 0.5) is 0 Å². The number of ether oxygens (including phenoxy) is 1. The highest BCUT2D eigenvalue weighted by Gasteiger charge is 2.12. The lowest BCUT2D eigenvalue weighted by Crippen LogP contribution is -2.35. The van der Waals surface area contributed by atoms with Crippen LogP contribution in [0.15, 0.2) is 96.1 Å². The summed E-state index contributed by atoms with van der Waals surface area (Å²) in [4.78, 5) is 36.8. The number of nitrogens with zero attached hydrogens (tertiary/aromatic N) is 1. The average molecular weight is 577 g/mol. The number of hydrogen-bond donors (Lipinski definition) is 2. The quantitative estimate of drug-likeness (QED) is 0.111. The number of carbonyl (C=O) groups is 3. The SMILES string of the molecule is O=C(CNC(=O)c1ccccc1I)NN=Cc1ccc(OC(=O)c2cccc3ccccc23)cc1. The van der Waals surface area contributed by atoms with Gasteiger partial charge in [0.25, 0.3) is 11.8 Å². The molecule has 0 radical (unpaired) electrons. The van der Waals surface area contributed by atoms with E-state index in [1.807, 2.05) is 48.5 Å². The molecule has 0 aromatic heterocycles. The molecule has 7 nitrogen and oxygen atoms in total. The number of rotatable bonds is 7. The second-order valence-electron chi connectivity index (χ2n) is 7.44. The van der Waals surface area contributed by atoms with Gasteiger partial charge in [0, 0.05) is 3.57 Å². The molecule has 35 heavy (non-hydrogen) atoms. The summed E-state index contributed by atoms with van der Waals surface area (Å²) in [6.07, 6.45) is 1.45. The molecule has 0 bridgehead atoms. The van der Waals surface area contributed by atoms with Crippen molar-refractivity contribution in [3.05, 3.63) is 111 Å². The molecule has 0 fully saturated rings. The molecule has 0 aliphatic carbocycles. The zero-order chi connectivity index (χ0) is 24.6. The molecule has 0 heterocycles. The number of esters is 1. The van der Waals surface area contributed by atoms with Gasteiger partial charge in [-0.25, -0.2) is 10.2 Å². The number of hydrogen-bond acceptors (Lipinski definition) is 5. The first-order chi connectivity index (χ1) is 17.0. The minimum atomic E-state index is -0.457. The van der Waals surface area contributed by atoms with Gasteiger partial charge in [-0.15, -0.1) is 0 Å². The molecule has 4 rings (SSSR count). The number of amides is 2. The zero-order valence-electron chi connectivity index (χ0n) is 18.4. The van der Waals surface area contributed by atoms with Gasteiger partial charge in [0.1, 0.15) is 5.75 Å². The van der Waals surface area contributed by atoms with E-state index in [9.17, 15) is 14.4 Å². The lowest BCUT2D eigenvalue weighted by molar-refractivity contribution is -0.120. The van der Waals surface area contributed by atoms with Crippen LogP contribution in [-0.2, 0) is 4.79 Å². The molecule has 8 heteroatoms. The fourth-order valence-corrected chi connectivity index (χ4v) is 3.94.